The third-order valence-electron chi connectivity index (χ3n) is 6.75. The molecule has 1 fully saturated rings. The van der Waals surface area contributed by atoms with E-state index in [0.717, 1.165) is 47.6 Å². The minimum Gasteiger partial charge on any atom is -0.497 e. The van der Waals surface area contributed by atoms with Gasteiger partial charge in [0, 0.05) is 26.0 Å². The molecule has 0 radical (unpaired) electrons. The Hall–Kier alpha value is -3.39. The van der Waals surface area contributed by atoms with Gasteiger partial charge in [-0.2, -0.15) is 5.10 Å². The summed E-state index contributed by atoms with van der Waals surface area (Å²) < 4.78 is 15.8. The molecule has 1 atom stereocenters. The van der Waals surface area contributed by atoms with Gasteiger partial charge in [-0.1, -0.05) is 18.6 Å². The van der Waals surface area contributed by atoms with E-state index < -0.39 is 0 Å². The molecule has 0 spiro atoms. The Morgan fingerprint density at radius 1 is 0.971 bits per heavy atom. The van der Waals surface area contributed by atoms with Gasteiger partial charge < -0.3 is 19.1 Å². The number of hydrogen-bond donors (Lipinski definition) is 0. The summed E-state index contributed by atoms with van der Waals surface area (Å²) in [6.07, 6.45) is 3.39. The number of ether oxygens (including phenoxy) is 3. The van der Waals surface area contributed by atoms with Gasteiger partial charge in [-0.15, -0.1) is 0 Å². The Labute approximate surface area is 206 Å². The molecule has 2 amide bonds. The fraction of sp³-hybridized carbons (Fsp3) is 0.444. The zero-order valence-electron chi connectivity index (χ0n) is 20.6. The second-order valence-electron chi connectivity index (χ2n) is 8.89. The molecule has 0 aromatic heterocycles. The molecule has 4 rings (SSSR count). The minimum absolute atomic E-state index is 0.00832. The molecule has 186 valence electrons. The molecule has 0 saturated heterocycles. The number of carbonyl (C=O) groups excluding carboxylic acids is 2. The van der Waals surface area contributed by atoms with Gasteiger partial charge in [0.05, 0.1) is 32.6 Å². The van der Waals surface area contributed by atoms with Crippen LogP contribution < -0.4 is 9.47 Å². The lowest BCUT2D eigenvalue weighted by Crippen LogP contribution is -2.46. The zero-order chi connectivity index (χ0) is 24.8. The van der Waals surface area contributed by atoms with Crippen molar-refractivity contribution in [3.8, 4) is 11.5 Å². The van der Waals surface area contributed by atoms with E-state index in [0.29, 0.717) is 19.6 Å². The number of methoxy groups -OCH3 is 3. The first-order valence-corrected chi connectivity index (χ1v) is 12.0. The van der Waals surface area contributed by atoms with Gasteiger partial charge in [0.2, 0.25) is 5.91 Å². The van der Waals surface area contributed by atoms with E-state index >= 15 is 0 Å². The number of carbonyl (C=O) groups is 2. The number of rotatable bonds is 10. The third kappa shape index (κ3) is 5.65. The number of hydrazone groups is 1. The van der Waals surface area contributed by atoms with Gasteiger partial charge in [0.1, 0.15) is 18.0 Å². The first-order valence-electron chi connectivity index (χ1n) is 12.0. The summed E-state index contributed by atoms with van der Waals surface area (Å²) in [7, 11) is 4.85. The van der Waals surface area contributed by atoms with Gasteiger partial charge in [0.25, 0.3) is 5.91 Å². The van der Waals surface area contributed by atoms with E-state index in [1.807, 2.05) is 48.5 Å². The molecule has 0 unspecified atom stereocenters. The highest BCUT2D eigenvalue weighted by molar-refractivity contribution is 6.03. The average molecular weight is 480 g/mol. The maximum absolute atomic E-state index is 13.6. The van der Waals surface area contributed by atoms with Gasteiger partial charge in [-0.3, -0.25) is 9.59 Å². The fourth-order valence-corrected chi connectivity index (χ4v) is 4.40. The second-order valence-corrected chi connectivity index (χ2v) is 8.89. The Morgan fingerprint density at radius 3 is 2.14 bits per heavy atom. The topological polar surface area (TPSA) is 80.7 Å². The molecule has 35 heavy (non-hydrogen) atoms. The lowest BCUT2D eigenvalue weighted by atomic mass is 9.84. The SMILES string of the molecule is COCCN(CC(=O)N1N=C(c2ccc(OC)cc2)C[C@@H]1c1ccc(OC)cc1)C(=O)C1CCC1. The van der Waals surface area contributed by atoms with Gasteiger partial charge in [-0.25, -0.2) is 5.01 Å². The average Bonchev–Trinajstić information content (AvgIpc) is 3.31. The Kier molecular flexibility index (Phi) is 8.02. The van der Waals surface area contributed by atoms with Crippen LogP contribution in [0.25, 0.3) is 0 Å². The Bertz CT molecular complexity index is 1050. The lowest BCUT2D eigenvalue weighted by molar-refractivity contribution is -0.146. The zero-order valence-corrected chi connectivity index (χ0v) is 20.6. The molecule has 2 aliphatic rings. The van der Waals surface area contributed by atoms with Crippen molar-refractivity contribution >= 4 is 17.5 Å². The standard InChI is InChI=1S/C27H33N3O5/c1-33-16-15-29(27(32)21-5-4-6-21)18-26(31)30-25(20-9-13-23(35-3)14-10-20)17-24(28-30)19-7-11-22(34-2)12-8-19/h7-14,21,25H,4-6,15-18H2,1-3H3/t25-/m1/s1. The summed E-state index contributed by atoms with van der Waals surface area (Å²) >= 11 is 0. The van der Waals surface area contributed by atoms with Crippen LogP contribution in [0.2, 0.25) is 0 Å². The van der Waals surface area contributed by atoms with Crippen molar-refractivity contribution in [2.45, 2.75) is 31.7 Å². The minimum atomic E-state index is -0.270. The van der Waals surface area contributed by atoms with E-state index in [9.17, 15) is 9.59 Å². The molecule has 0 bridgehead atoms. The lowest BCUT2D eigenvalue weighted by Gasteiger charge is -2.32. The molecular weight excluding hydrogens is 446 g/mol. The molecule has 1 heterocycles. The number of hydrogen-bond acceptors (Lipinski definition) is 6. The summed E-state index contributed by atoms with van der Waals surface area (Å²) in [6.45, 7) is 0.742. The first-order chi connectivity index (χ1) is 17.0. The van der Waals surface area contributed by atoms with Crippen LogP contribution in [0.1, 0.15) is 42.9 Å². The van der Waals surface area contributed by atoms with Crippen LogP contribution in [0.15, 0.2) is 53.6 Å². The van der Waals surface area contributed by atoms with Crippen molar-refractivity contribution in [3.05, 3.63) is 59.7 Å². The van der Waals surface area contributed by atoms with E-state index in [4.69, 9.17) is 19.3 Å². The van der Waals surface area contributed by atoms with Gasteiger partial charge in [-0.05, 0) is 60.4 Å². The predicted octanol–water partition coefficient (Wildman–Crippen LogP) is 3.66. The Balaban J connectivity index is 1.59. The monoisotopic (exact) mass is 479 g/mol. The highest BCUT2D eigenvalue weighted by Crippen LogP contribution is 2.34. The molecule has 2 aromatic rings. The summed E-state index contributed by atoms with van der Waals surface area (Å²) in [6, 6.07) is 15.1. The van der Waals surface area contributed by atoms with Crippen LogP contribution >= 0.6 is 0 Å². The summed E-state index contributed by atoms with van der Waals surface area (Å²) in [4.78, 5) is 28.2. The summed E-state index contributed by atoms with van der Waals surface area (Å²) in [5.41, 5.74) is 2.71. The normalized spacial score (nSPS) is 17.5. The van der Waals surface area contributed by atoms with Crippen LogP contribution in [-0.2, 0) is 14.3 Å². The smallest absolute Gasteiger partial charge is 0.262 e. The second kappa shape index (κ2) is 11.4. The largest absolute Gasteiger partial charge is 0.497 e. The first kappa shape index (κ1) is 24.7. The number of benzene rings is 2. The van der Waals surface area contributed by atoms with Gasteiger partial charge >= 0.3 is 0 Å². The van der Waals surface area contributed by atoms with Crippen LogP contribution in [-0.4, -0.2) is 68.5 Å². The highest BCUT2D eigenvalue weighted by atomic mass is 16.5. The molecule has 1 aliphatic carbocycles. The molecule has 1 saturated carbocycles. The number of nitrogens with zero attached hydrogens (tertiary/aromatic N) is 3. The van der Waals surface area contributed by atoms with E-state index in [1.54, 1.807) is 26.2 Å². The molecular formula is C27H33N3O5. The van der Waals surface area contributed by atoms with Crippen LogP contribution in [0.4, 0.5) is 0 Å². The van der Waals surface area contributed by atoms with Crippen LogP contribution in [0, 0.1) is 5.92 Å². The van der Waals surface area contributed by atoms with Crippen LogP contribution in [0.3, 0.4) is 0 Å². The molecule has 2 aromatic carbocycles. The molecule has 8 heteroatoms. The maximum atomic E-state index is 13.6. The quantitative estimate of drug-likeness (QED) is 0.520. The molecule has 0 N–H and O–H groups in total. The summed E-state index contributed by atoms with van der Waals surface area (Å²) in [5.74, 6) is 1.33. The van der Waals surface area contributed by atoms with Crippen molar-refractivity contribution in [1.82, 2.24) is 9.91 Å². The molecule has 8 nitrogen and oxygen atoms in total. The van der Waals surface area contributed by atoms with E-state index in [-0.39, 0.29) is 30.3 Å². The van der Waals surface area contributed by atoms with Crippen LogP contribution in [0.5, 0.6) is 11.5 Å². The third-order valence-corrected chi connectivity index (χ3v) is 6.75. The van der Waals surface area contributed by atoms with Crippen molar-refractivity contribution < 1.29 is 23.8 Å². The fourth-order valence-electron chi connectivity index (χ4n) is 4.40. The predicted molar refractivity (Wildman–Crippen MR) is 133 cm³/mol. The summed E-state index contributed by atoms with van der Waals surface area (Å²) in [5, 5.41) is 6.28. The van der Waals surface area contributed by atoms with Crippen molar-refractivity contribution in [2.24, 2.45) is 11.0 Å². The Morgan fingerprint density at radius 2 is 1.60 bits per heavy atom. The maximum Gasteiger partial charge on any atom is 0.262 e. The highest BCUT2D eigenvalue weighted by Gasteiger charge is 2.36. The van der Waals surface area contributed by atoms with Crippen molar-refractivity contribution in [1.29, 1.82) is 0 Å². The van der Waals surface area contributed by atoms with Crippen molar-refractivity contribution in [2.75, 3.05) is 41.0 Å². The van der Waals surface area contributed by atoms with Gasteiger partial charge in [0.15, 0.2) is 0 Å². The van der Waals surface area contributed by atoms with E-state index in [1.165, 1.54) is 5.01 Å². The van der Waals surface area contributed by atoms with Crippen molar-refractivity contribution in [3.63, 3.8) is 0 Å². The molecule has 1 aliphatic heterocycles. The van der Waals surface area contributed by atoms with E-state index in [2.05, 4.69) is 0 Å². The number of amides is 2.